The first-order chi connectivity index (χ1) is 8.83. The molecule has 0 spiro atoms. The Hall–Kier alpha value is -1.74. The van der Waals surface area contributed by atoms with Crippen LogP contribution < -0.4 is 4.74 Å². The van der Waals surface area contributed by atoms with Gasteiger partial charge in [0.2, 0.25) is 0 Å². The van der Waals surface area contributed by atoms with Gasteiger partial charge in [0.05, 0.1) is 25.2 Å². The topological polar surface area (TPSA) is 42.6 Å². The van der Waals surface area contributed by atoms with Gasteiger partial charge in [-0.3, -0.25) is 0 Å². The second-order valence-electron chi connectivity index (χ2n) is 4.79. The molecule has 1 aliphatic rings. The van der Waals surface area contributed by atoms with Gasteiger partial charge in [-0.2, -0.15) is 0 Å². The summed E-state index contributed by atoms with van der Waals surface area (Å²) < 4.78 is 10.7. The number of benzene rings is 1. The Bertz CT molecular complexity index is 504. The summed E-state index contributed by atoms with van der Waals surface area (Å²) in [6.07, 6.45) is 4.41. The van der Waals surface area contributed by atoms with Gasteiger partial charge in [-0.15, -0.1) is 0 Å². The Morgan fingerprint density at radius 2 is 2.17 bits per heavy atom. The lowest BCUT2D eigenvalue weighted by molar-refractivity contribution is 0.0651. The van der Waals surface area contributed by atoms with Crippen LogP contribution in [0.25, 0.3) is 0 Å². The molecule has 1 aromatic carbocycles. The van der Waals surface area contributed by atoms with Crippen LogP contribution >= 0.6 is 0 Å². The molecule has 1 N–H and O–H groups in total. The first-order valence-corrected chi connectivity index (χ1v) is 6.23. The van der Waals surface area contributed by atoms with Crippen molar-refractivity contribution in [2.45, 2.75) is 18.9 Å². The summed E-state index contributed by atoms with van der Waals surface area (Å²) in [5, 5.41) is 10.2. The summed E-state index contributed by atoms with van der Waals surface area (Å²) in [7, 11) is 0. The molecule has 0 aliphatic carbocycles. The van der Waals surface area contributed by atoms with E-state index in [9.17, 15) is 5.11 Å². The van der Waals surface area contributed by atoms with E-state index in [1.807, 2.05) is 24.3 Å². The minimum absolute atomic E-state index is 0.148. The molecule has 2 unspecified atom stereocenters. The molecule has 0 amide bonds. The van der Waals surface area contributed by atoms with Crippen molar-refractivity contribution in [1.82, 2.24) is 0 Å². The van der Waals surface area contributed by atoms with Crippen LogP contribution in [0.4, 0.5) is 0 Å². The maximum Gasteiger partial charge on any atom is 0.122 e. The fourth-order valence-electron chi connectivity index (χ4n) is 2.42. The van der Waals surface area contributed by atoms with Gasteiger partial charge in [0.15, 0.2) is 0 Å². The third-order valence-electron chi connectivity index (χ3n) is 3.48. The second kappa shape index (κ2) is 4.86. The molecule has 0 bridgehead atoms. The largest absolute Gasteiger partial charge is 0.493 e. The highest BCUT2D eigenvalue weighted by atomic mass is 16.5. The summed E-state index contributed by atoms with van der Waals surface area (Å²) in [5.41, 5.74) is 2.21. The average molecular weight is 244 g/mol. The molecule has 2 atom stereocenters. The standard InChI is InChI=1S/C15H16O3/c16-14(7-11-5-6-17-9-11)13-8-12-3-1-2-4-15(12)18-10-13/h1-6,9,13-14,16H,7-8,10H2. The summed E-state index contributed by atoms with van der Waals surface area (Å²) in [6, 6.07) is 9.91. The van der Waals surface area contributed by atoms with E-state index < -0.39 is 6.10 Å². The number of rotatable bonds is 3. The normalized spacial score (nSPS) is 19.9. The smallest absolute Gasteiger partial charge is 0.122 e. The molecule has 1 aromatic heterocycles. The molecular weight excluding hydrogens is 228 g/mol. The summed E-state index contributed by atoms with van der Waals surface area (Å²) in [4.78, 5) is 0. The van der Waals surface area contributed by atoms with Gasteiger partial charge in [0.25, 0.3) is 0 Å². The van der Waals surface area contributed by atoms with E-state index in [1.54, 1.807) is 12.5 Å². The van der Waals surface area contributed by atoms with Gasteiger partial charge in [-0.1, -0.05) is 18.2 Å². The third-order valence-corrected chi connectivity index (χ3v) is 3.48. The molecule has 2 heterocycles. The highest BCUT2D eigenvalue weighted by Crippen LogP contribution is 2.29. The molecule has 3 nitrogen and oxygen atoms in total. The fraction of sp³-hybridized carbons (Fsp3) is 0.333. The Morgan fingerprint density at radius 3 is 3.00 bits per heavy atom. The summed E-state index contributed by atoms with van der Waals surface area (Å²) in [5.74, 6) is 1.10. The molecule has 0 radical (unpaired) electrons. The molecule has 94 valence electrons. The lowest BCUT2D eigenvalue weighted by atomic mass is 9.89. The van der Waals surface area contributed by atoms with E-state index >= 15 is 0 Å². The predicted molar refractivity (Wildman–Crippen MR) is 67.5 cm³/mol. The van der Waals surface area contributed by atoms with Gasteiger partial charge in [-0.05, 0) is 29.7 Å². The predicted octanol–water partition coefficient (Wildman–Crippen LogP) is 2.43. The second-order valence-corrected chi connectivity index (χ2v) is 4.79. The van der Waals surface area contributed by atoms with Gasteiger partial charge in [0, 0.05) is 12.3 Å². The Morgan fingerprint density at radius 1 is 1.28 bits per heavy atom. The van der Waals surface area contributed by atoms with E-state index in [0.29, 0.717) is 13.0 Å². The van der Waals surface area contributed by atoms with Crippen LogP contribution in [0.3, 0.4) is 0 Å². The number of ether oxygens (including phenoxy) is 1. The van der Waals surface area contributed by atoms with Crippen molar-refractivity contribution in [3.63, 3.8) is 0 Å². The average Bonchev–Trinajstić information content (AvgIpc) is 2.91. The van der Waals surface area contributed by atoms with E-state index in [-0.39, 0.29) is 5.92 Å². The molecule has 0 saturated carbocycles. The van der Waals surface area contributed by atoms with Crippen molar-refractivity contribution in [2.75, 3.05) is 6.61 Å². The van der Waals surface area contributed by atoms with Gasteiger partial charge >= 0.3 is 0 Å². The first-order valence-electron chi connectivity index (χ1n) is 6.23. The molecule has 18 heavy (non-hydrogen) atoms. The Kier molecular flexibility index (Phi) is 3.07. The van der Waals surface area contributed by atoms with Crippen molar-refractivity contribution >= 4 is 0 Å². The monoisotopic (exact) mass is 244 g/mol. The molecule has 0 fully saturated rings. The highest BCUT2D eigenvalue weighted by Gasteiger charge is 2.26. The van der Waals surface area contributed by atoms with Crippen molar-refractivity contribution < 1.29 is 14.3 Å². The van der Waals surface area contributed by atoms with Crippen LogP contribution in [-0.2, 0) is 12.8 Å². The van der Waals surface area contributed by atoms with Crippen LogP contribution in [0.5, 0.6) is 5.75 Å². The van der Waals surface area contributed by atoms with E-state index in [0.717, 1.165) is 17.7 Å². The molecule has 1 aliphatic heterocycles. The number of aliphatic hydroxyl groups is 1. The SMILES string of the molecule is OC(Cc1ccoc1)C1COc2ccccc2C1. The van der Waals surface area contributed by atoms with Crippen LogP contribution in [0.15, 0.2) is 47.3 Å². The highest BCUT2D eigenvalue weighted by molar-refractivity contribution is 5.35. The summed E-state index contributed by atoms with van der Waals surface area (Å²) >= 11 is 0. The minimum atomic E-state index is -0.393. The van der Waals surface area contributed by atoms with E-state index in [4.69, 9.17) is 9.15 Å². The van der Waals surface area contributed by atoms with Crippen molar-refractivity contribution in [2.24, 2.45) is 5.92 Å². The molecule has 2 aromatic rings. The number of hydrogen-bond acceptors (Lipinski definition) is 3. The molecule has 3 rings (SSSR count). The first kappa shape index (κ1) is 11.4. The van der Waals surface area contributed by atoms with E-state index in [2.05, 4.69) is 6.07 Å². The minimum Gasteiger partial charge on any atom is -0.493 e. The molecular formula is C15H16O3. The van der Waals surface area contributed by atoms with Gasteiger partial charge in [0.1, 0.15) is 5.75 Å². The maximum atomic E-state index is 10.2. The lowest BCUT2D eigenvalue weighted by Gasteiger charge is -2.28. The maximum absolute atomic E-state index is 10.2. The Balaban J connectivity index is 1.68. The molecule has 0 saturated heterocycles. The van der Waals surface area contributed by atoms with Crippen LogP contribution in [0.1, 0.15) is 11.1 Å². The Labute approximate surface area is 106 Å². The number of aliphatic hydroxyl groups excluding tert-OH is 1. The number of fused-ring (bicyclic) bond motifs is 1. The number of furan rings is 1. The van der Waals surface area contributed by atoms with Crippen LogP contribution in [0, 0.1) is 5.92 Å². The number of hydrogen-bond donors (Lipinski definition) is 1. The van der Waals surface area contributed by atoms with Crippen LogP contribution in [0.2, 0.25) is 0 Å². The zero-order valence-electron chi connectivity index (χ0n) is 10.1. The van der Waals surface area contributed by atoms with Crippen LogP contribution in [-0.4, -0.2) is 17.8 Å². The quantitative estimate of drug-likeness (QED) is 0.901. The number of para-hydroxylation sites is 1. The fourth-order valence-corrected chi connectivity index (χ4v) is 2.42. The zero-order valence-corrected chi connectivity index (χ0v) is 10.1. The third kappa shape index (κ3) is 2.27. The lowest BCUT2D eigenvalue weighted by Crippen LogP contribution is -2.32. The zero-order chi connectivity index (χ0) is 12.4. The van der Waals surface area contributed by atoms with Gasteiger partial charge < -0.3 is 14.3 Å². The van der Waals surface area contributed by atoms with Gasteiger partial charge in [-0.25, -0.2) is 0 Å². The van der Waals surface area contributed by atoms with Crippen molar-refractivity contribution in [1.29, 1.82) is 0 Å². The van der Waals surface area contributed by atoms with Crippen molar-refractivity contribution in [3.05, 3.63) is 54.0 Å². The van der Waals surface area contributed by atoms with Crippen molar-refractivity contribution in [3.8, 4) is 5.75 Å². The van der Waals surface area contributed by atoms with E-state index in [1.165, 1.54) is 5.56 Å². The molecule has 3 heteroatoms. The summed E-state index contributed by atoms with van der Waals surface area (Å²) in [6.45, 7) is 0.579.